The van der Waals surface area contributed by atoms with Crippen LogP contribution in [0.25, 0.3) is 11.0 Å². The minimum Gasteiger partial charge on any atom is -0.397 e. The number of hydrogen-bond donors (Lipinski definition) is 2. The summed E-state index contributed by atoms with van der Waals surface area (Å²) in [4.78, 5) is 7.96. The van der Waals surface area contributed by atoms with Crippen molar-refractivity contribution in [2.75, 3.05) is 5.73 Å². The minimum atomic E-state index is 0.283. The molecule has 0 amide bonds. The van der Waals surface area contributed by atoms with Crippen LogP contribution >= 0.6 is 15.9 Å². The molecule has 1 aromatic carbocycles. The molecule has 18 heavy (non-hydrogen) atoms. The number of rotatable bonds is 2. The van der Waals surface area contributed by atoms with Crippen LogP contribution in [-0.4, -0.2) is 9.97 Å². The summed E-state index contributed by atoms with van der Waals surface area (Å²) in [6, 6.07) is 3.91. The van der Waals surface area contributed by atoms with Gasteiger partial charge in [0.15, 0.2) is 0 Å². The van der Waals surface area contributed by atoms with E-state index >= 15 is 0 Å². The van der Waals surface area contributed by atoms with E-state index in [1.165, 1.54) is 0 Å². The molecule has 0 saturated carbocycles. The number of fused-ring (bicyclic) bond motifs is 1. The monoisotopic (exact) mass is 309 g/mol. The lowest BCUT2D eigenvalue weighted by Gasteiger charge is -2.26. The van der Waals surface area contributed by atoms with E-state index in [-0.39, 0.29) is 5.41 Å². The maximum atomic E-state index is 5.97. The van der Waals surface area contributed by atoms with E-state index in [1.54, 1.807) is 0 Å². The van der Waals surface area contributed by atoms with Gasteiger partial charge >= 0.3 is 0 Å². The van der Waals surface area contributed by atoms with Gasteiger partial charge in [0, 0.05) is 10.9 Å². The molecule has 0 aliphatic heterocycles. The normalized spacial score (nSPS) is 14.1. The van der Waals surface area contributed by atoms with Crippen molar-refractivity contribution in [1.29, 1.82) is 0 Å². The van der Waals surface area contributed by atoms with Crippen molar-refractivity contribution >= 4 is 32.7 Å². The van der Waals surface area contributed by atoms with Crippen molar-refractivity contribution in [3.63, 3.8) is 0 Å². The highest BCUT2D eigenvalue weighted by molar-refractivity contribution is 9.10. The number of imidazole rings is 1. The molecule has 0 spiro atoms. The average Bonchev–Trinajstić information content (AvgIpc) is 2.58. The Morgan fingerprint density at radius 2 is 2.06 bits per heavy atom. The molecule has 0 fully saturated rings. The van der Waals surface area contributed by atoms with Crippen LogP contribution in [0.5, 0.6) is 0 Å². The molecule has 3 N–H and O–H groups in total. The number of aromatic amines is 1. The molecule has 0 bridgehead atoms. The predicted molar refractivity (Wildman–Crippen MR) is 80.5 cm³/mol. The number of H-pyrrole nitrogens is 1. The lowest BCUT2D eigenvalue weighted by atomic mass is 9.80. The lowest BCUT2D eigenvalue weighted by molar-refractivity contribution is 0.257. The van der Waals surface area contributed by atoms with Crippen LogP contribution in [0.2, 0.25) is 0 Å². The van der Waals surface area contributed by atoms with E-state index in [0.29, 0.717) is 11.6 Å². The Bertz CT molecular complexity index is 566. The molecule has 1 atom stereocenters. The van der Waals surface area contributed by atoms with Crippen molar-refractivity contribution in [3.8, 4) is 0 Å². The third kappa shape index (κ3) is 2.69. The van der Waals surface area contributed by atoms with Gasteiger partial charge in [-0.15, -0.1) is 0 Å². The van der Waals surface area contributed by atoms with E-state index in [1.807, 2.05) is 12.1 Å². The summed E-state index contributed by atoms with van der Waals surface area (Å²) in [6.07, 6.45) is 0.940. The van der Waals surface area contributed by atoms with Gasteiger partial charge in [0.2, 0.25) is 0 Å². The minimum absolute atomic E-state index is 0.283. The molecule has 4 heteroatoms. The predicted octanol–water partition coefficient (Wildman–Crippen LogP) is 4.13. The SMILES string of the molecule is CC(Cc1nc2c(N)cc(Br)cc2[nH]1)C(C)(C)C. The van der Waals surface area contributed by atoms with E-state index < -0.39 is 0 Å². The summed E-state index contributed by atoms with van der Waals surface area (Å²) in [5.41, 5.74) is 8.84. The fourth-order valence-electron chi connectivity index (χ4n) is 1.85. The second kappa shape index (κ2) is 4.57. The number of nitrogens with one attached hydrogen (secondary N) is 1. The van der Waals surface area contributed by atoms with Gasteiger partial charge in [0.25, 0.3) is 0 Å². The first kappa shape index (κ1) is 13.4. The average molecular weight is 310 g/mol. The van der Waals surface area contributed by atoms with Crippen molar-refractivity contribution in [1.82, 2.24) is 9.97 Å². The third-order valence-corrected chi connectivity index (χ3v) is 4.07. The number of hydrogen-bond acceptors (Lipinski definition) is 2. The standard InChI is InChI=1S/C14H20BrN3/c1-8(14(2,3)4)5-12-17-11-7-9(15)6-10(16)13(11)18-12/h6-8H,5,16H2,1-4H3,(H,17,18). The molecule has 98 valence electrons. The molecule has 1 heterocycles. The molecule has 1 aromatic heterocycles. The fraction of sp³-hybridized carbons (Fsp3) is 0.500. The van der Waals surface area contributed by atoms with Gasteiger partial charge in [-0.1, -0.05) is 43.6 Å². The number of aromatic nitrogens is 2. The Morgan fingerprint density at radius 3 is 2.67 bits per heavy atom. The Hall–Kier alpha value is -1.03. The number of nitrogens with two attached hydrogens (primary N) is 1. The number of nitrogen functional groups attached to an aromatic ring is 1. The first-order valence-corrected chi connectivity index (χ1v) is 7.00. The zero-order valence-corrected chi connectivity index (χ0v) is 12.9. The van der Waals surface area contributed by atoms with Crippen LogP contribution in [0, 0.1) is 11.3 Å². The molecular weight excluding hydrogens is 290 g/mol. The molecule has 0 saturated heterocycles. The zero-order chi connectivity index (χ0) is 13.5. The van der Waals surface area contributed by atoms with Gasteiger partial charge < -0.3 is 10.7 Å². The first-order valence-electron chi connectivity index (χ1n) is 6.21. The number of anilines is 1. The number of nitrogens with zero attached hydrogens (tertiary/aromatic N) is 1. The smallest absolute Gasteiger partial charge is 0.112 e. The van der Waals surface area contributed by atoms with Gasteiger partial charge in [0.1, 0.15) is 11.3 Å². The zero-order valence-electron chi connectivity index (χ0n) is 11.3. The lowest BCUT2D eigenvalue weighted by Crippen LogP contribution is -2.19. The number of benzene rings is 1. The summed E-state index contributed by atoms with van der Waals surface area (Å²) in [6.45, 7) is 9.02. The van der Waals surface area contributed by atoms with E-state index in [4.69, 9.17) is 5.73 Å². The van der Waals surface area contributed by atoms with Crippen molar-refractivity contribution < 1.29 is 0 Å². The quantitative estimate of drug-likeness (QED) is 0.819. The van der Waals surface area contributed by atoms with Crippen molar-refractivity contribution in [2.24, 2.45) is 11.3 Å². The van der Waals surface area contributed by atoms with Gasteiger partial charge in [-0.25, -0.2) is 4.98 Å². The molecular formula is C14H20BrN3. The second-order valence-electron chi connectivity index (χ2n) is 6.05. The first-order chi connectivity index (χ1) is 8.27. The van der Waals surface area contributed by atoms with E-state index in [0.717, 1.165) is 27.8 Å². The largest absolute Gasteiger partial charge is 0.397 e. The molecule has 0 aliphatic carbocycles. The highest BCUT2D eigenvalue weighted by atomic mass is 79.9. The van der Waals surface area contributed by atoms with Crippen LogP contribution in [0.3, 0.4) is 0 Å². The summed E-state index contributed by atoms with van der Waals surface area (Å²) in [7, 11) is 0. The number of halogens is 1. The van der Waals surface area contributed by atoms with Gasteiger partial charge in [-0.3, -0.25) is 0 Å². The van der Waals surface area contributed by atoms with E-state index in [9.17, 15) is 0 Å². The highest BCUT2D eigenvalue weighted by Crippen LogP contribution is 2.29. The Labute approximate surface area is 116 Å². The third-order valence-electron chi connectivity index (χ3n) is 3.61. The summed E-state index contributed by atoms with van der Waals surface area (Å²) >= 11 is 3.45. The van der Waals surface area contributed by atoms with Crippen LogP contribution in [-0.2, 0) is 6.42 Å². The van der Waals surface area contributed by atoms with Crippen LogP contribution < -0.4 is 5.73 Å². The summed E-state index contributed by atoms with van der Waals surface area (Å²) in [5, 5.41) is 0. The topological polar surface area (TPSA) is 54.7 Å². The Balaban J connectivity index is 2.34. The molecule has 0 radical (unpaired) electrons. The molecule has 3 nitrogen and oxygen atoms in total. The molecule has 2 aromatic rings. The second-order valence-corrected chi connectivity index (χ2v) is 6.96. The molecule has 1 unspecified atom stereocenters. The molecule has 2 rings (SSSR count). The highest BCUT2D eigenvalue weighted by Gasteiger charge is 2.21. The summed E-state index contributed by atoms with van der Waals surface area (Å²) < 4.78 is 0.978. The van der Waals surface area contributed by atoms with Crippen LogP contribution in [0.4, 0.5) is 5.69 Å². The molecule has 0 aliphatic rings. The van der Waals surface area contributed by atoms with Crippen LogP contribution in [0.15, 0.2) is 16.6 Å². The van der Waals surface area contributed by atoms with Crippen molar-refractivity contribution in [3.05, 3.63) is 22.4 Å². The Kier molecular flexibility index (Phi) is 3.41. The summed E-state index contributed by atoms with van der Waals surface area (Å²) in [5.74, 6) is 1.57. The van der Waals surface area contributed by atoms with Crippen molar-refractivity contribution in [2.45, 2.75) is 34.1 Å². The maximum Gasteiger partial charge on any atom is 0.112 e. The van der Waals surface area contributed by atoms with Gasteiger partial charge in [-0.2, -0.15) is 0 Å². The van der Waals surface area contributed by atoms with Gasteiger partial charge in [0.05, 0.1) is 11.2 Å². The van der Waals surface area contributed by atoms with E-state index in [2.05, 4.69) is 53.6 Å². The maximum absolute atomic E-state index is 5.97. The van der Waals surface area contributed by atoms with Gasteiger partial charge in [-0.05, 0) is 23.5 Å². The Morgan fingerprint density at radius 1 is 1.39 bits per heavy atom. The fourth-order valence-corrected chi connectivity index (χ4v) is 2.33. The van der Waals surface area contributed by atoms with Crippen LogP contribution in [0.1, 0.15) is 33.5 Å².